The lowest BCUT2D eigenvalue weighted by atomic mass is 10.0. The Morgan fingerprint density at radius 3 is 1.72 bits per heavy atom. The van der Waals surface area contributed by atoms with Crippen LogP contribution in [-0.2, 0) is 0 Å². The lowest BCUT2D eigenvalue weighted by Crippen LogP contribution is -2.01. The monoisotopic (exact) mass is 555 g/mol. The molecule has 0 amide bonds. The molecule has 0 unspecified atom stereocenters. The van der Waals surface area contributed by atoms with E-state index in [1.807, 2.05) is 24.5 Å². The molecular weight excluding hydrogens is 526 g/mol. The van der Waals surface area contributed by atoms with Gasteiger partial charge >= 0.3 is 0 Å². The number of hydrogen-bond donors (Lipinski definition) is 0. The highest BCUT2D eigenvalue weighted by atomic mass is 15.3. The molecule has 206 valence electrons. The van der Waals surface area contributed by atoms with Gasteiger partial charge in [0, 0.05) is 52.7 Å². The topological polar surface area (TPSA) is 56.5 Å². The van der Waals surface area contributed by atoms with Crippen LogP contribution in [0.3, 0.4) is 0 Å². The first-order valence-electron chi connectivity index (χ1n) is 14.4. The average Bonchev–Trinajstić information content (AvgIpc) is 3.51. The highest BCUT2D eigenvalue weighted by molar-refractivity contribution is 5.78. The maximum absolute atomic E-state index is 4.79. The van der Waals surface area contributed by atoms with Crippen molar-refractivity contribution in [2.24, 2.45) is 0 Å². The van der Waals surface area contributed by atoms with E-state index in [4.69, 9.17) is 10.2 Å². The molecule has 0 saturated heterocycles. The fourth-order valence-corrected chi connectivity index (χ4v) is 5.42. The van der Waals surface area contributed by atoms with Crippen molar-refractivity contribution >= 4 is 5.57 Å². The summed E-state index contributed by atoms with van der Waals surface area (Å²) in [6.07, 6.45) is 20.3. The number of allylic oxidation sites excluding steroid dienone is 6. The molecular formula is C38H29N5. The molecule has 0 radical (unpaired) electrons. The zero-order valence-corrected chi connectivity index (χ0v) is 23.6. The second-order valence-electron chi connectivity index (χ2n) is 10.4. The summed E-state index contributed by atoms with van der Waals surface area (Å²) >= 11 is 0. The van der Waals surface area contributed by atoms with Crippen LogP contribution in [0, 0.1) is 0 Å². The zero-order chi connectivity index (χ0) is 28.8. The Bertz CT molecular complexity index is 1870. The smallest absolute Gasteiger partial charge is 0.168 e. The van der Waals surface area contributed by atoms with Crippen LogP contribution in [0.4, 0.5) is 0 Å². The number of rotatable bonds is 6. The van der Waals surface area contributed by atoms with E-state index in [-0.39, 0.29) is 0 Å². The van der Waals surface area contributed by atoms with Gasteiger partial charge in [-0.1, -0.05) is 91.0 Å². The van der Waals surface area contributed by atoms with Gasteiger partial charge in [-0.15, -0.1) is 10.2 Å². The van der Waals surface area contributed by atoms with E-state index in [0.717, 1.165) is 69.1 Å². The second kappa shape index (κ2) is 12.0. The van der Waals surface area contributed by atoms with E-state index >= 15 is 0 Å². The molecule has 3 aromatic heterocycles. The third kappa shape index (κ3) is 5.61. The van der Waals surface area contributed by atoms with Crippen molar-refractivity contribution in [3.63, 3.8) is 0 Å². The summed E-state index contributed by atoms with van der Waals surface area (Å²) < 4.78 is 2.17. The van der Waals surface area contributed by atoms with Gasteiger partial charge in [0.25, 0.3) is 0 Å². The Labute approximate surface area is 251 Å². The van der Waals surface area contributed by atoms with Gasteiger partial charge in [-0.05, 0) is 71.5 Å². The lowest BCUT2D eigenvalue weighted by Gasteiger charge is -2.14. The quantitative estimate of drug-likeness (QED) is 0.206. The first-order valence-corrected chi connectivity index (χ1v) is 14.4. The predicted molar refractivity (Wildman–Crippen MR) is 174 cm³/mol. The molecule has 5 heteroatoms. The number of pyridine rings is 2. The molecule has 3 heterocycles. The largest absolute Gasteiger partial charge is 0.275 e. The molecule has 0 saturated carbocycles. The van der Waals surface area contributed by atoms with Crippen molar-refractivity contribution in [2.75, 3.05) is 0 Å². The van der Waals surface area contributed by atoms with Crippen molar-refractivity contribution < 1.29 is 0 Å². The minimum Gasteiger partial charge on any atom is -0.275 e. The lowest BCUT2D eigenvalue weighted by molar-refractivity contribution is 1.05. The fraction of sp³-hybridized carbons (Fsp3) is 0.0526. The van der Waals surface area contributed by atoms with Crippen LogP contribution in [0.25, 0.3) is 56.3 Å². The maximum Gasteiger partial charge on any atom is 0.168 e. The van der Waals surface area contributed by atoms with E-state index in [2.05, 4.69) is 130 Å². The third-order valence-electron chi connectivity index (χ3n) is 7.55. The summed E-state index contributed by atoms with van der Waals surface area (Å²) in [5, 5.41) is 9.59. The van der Waals surface area contributed by atoms with Crippen LogP contribution in [0.1, 0.15) is 18.4 Å². The Kier molecular flexibility index (Phi) is 7.35. The Balaban J connectivity index is 1.40. The molecule has 6 aromatic rings. The first-order chi connectivity index (χ1) is 21.3. The van der Waals surface area contributed by atoms with Gasteiger partial charge in [-0.25, -0.2) is 0 Å². The van der Waals surface area contributed by atoms with Gasteiger partial charge in [-0.2, -0.15) is 0 Å². The van der Waals surface area contributed by atoms with Gasteiger partial charge in [0.2, 0.25) is 0 Å². The molecule has 43 heavy (non-hydrogen) atoms. The SMILES string of the molecule is C1=CCCC=C(c2cccc(-n3c(-c4cccc(-c5cccnc5)c4)nnc3-c3cccc(-c4cccnc4)c3)c2)C=C1. The van der Waals surface area contributed by atoms with Crippen LogP contribution in [-0.4, -0.2) is 24.7 Å². The molecule has 0 atom stereocenters. The Morgan fingerprint density at radius 2 is 1.09 bits per heavy atom. The van der Waals surface area contributed by atoms with Crippen LogP contribution in [0.5, 0.6) is 0 Å². The molecule has 5 nitrogen and oxygen atoms in total. The molecule has 0 bridgehead atoms. The van der Waals surface area contributed by atoms with E-state index in [9.17, 15) is 0 Å². The Morgan fingerprint density at radius 1 is 0.512 bits per heavy atom. The van der Waals surface area contributed by atoms with Crippen LogP contribution in [0.2, 0.25) is 0 Å². The van der Waals surface area contributed by atoms with E-state index in [1.54, 1.807) is 12.4 Å². The molecule has 7 rings (SSSR count). The summed E-state index contributed by atoms with van der Waals surface area (Å²) in [7, 11) is 0. The maximum atomic E-state index is 4.79. The van der Waals surface area contributed by atoms with E-state index in [1.165, 1.54) is 5.57 Å². The minimum absolute atomic E-state index is 0.773. The highest BCUT2D eigenvalue weighted by Gasteiger charge is 2.19. The summed E-state index contributed by atoms with van der Waals surface area (Å²) in [4.78, 5) is 8.64. The van der Waals surface area contributed by atoms with Crippen molar-refractivity contribution in [1.29, 1.82) is 0 Å². The summed E-state index contributed by atoms with van der Waals surface area (Å²) in [5.74, 6) is 1.55. The van der Waals surface area contributed by atoms with Crippen LogP contribution < -0.4 is 0 Å². The summed E-state index contributed by atoms with van der Waals surface area (Å²) in [5.41, 5.74) is 9.57. The molecule has 0 fully saturated rings. The van der Waals surface area contributed by atoms with Gasteiger partial charge in [-0.3, -0.25) is 14.5 Å². The van der Waals surface area contributed by atoms with Crippen LogP contribution in [0.15, 0.2) is 152 Å². The fourth-order valence-electron chi connectivity index (χ4n) is 5.42. The van der Waals surface area contributed by atoms with Gasteiger partial charge in [0.1, 0.15) is 0 Å². The molecule has 3 aromatic carbocycles. The Hall–Kier alpha value is -5.68. The molecule has 0 spiro atoms. The van der Waals surface area contributed by atoms with Crippen molar-refractivity contribution in [1.82, 2.24) is 24.7 Å². The van der Waals surface area contributed by atoms with Gasteiger partial charge < -0.3 is 0 Å². The number of nitrogens with zero attached hydrogens (tertiary/aromatic N) is 5. The summed E-state index contributed by atoms with van der Waals surface area (Å²) in [6, 6.07) is 33.5. The molecule has 1 aliphatic carbocycles. The van der Waals surface area contributed by atoms with Gasteiger partial charge in [0.05, 0.1) is 0 Å². The average molecular weight is 556 g/mol. The standard InChI is InChI=1S/C38H29N5/c1-2-4-11-28(12-5-3-1)31-15-8-20-36(25-31)43-37(32-16-6-13-29(23-32)34-18-9-21-39-26-34)41-42-38(43)33-17-7-14-30(24-33)35-19-10-22-40-27-35/h1-2,4,6-27H,3,5H2. The van der Waals surface area contributed by atoms with E-state index in [0.29, 0.717) is 0 Å². The van der Waals surface area contributed by atoms with Crippen molar-refractivity contribution in [3.05, 3.63) is 158 Å². The molecule has 0 aliphatic heterocycles. The van der Waals surface area contributed by atoms with Crippen molar-refractivity contribution in [2.45, 2.75) is 12.8 Å². The number of benzene rings is 3. The predicted octanol–water partition coefficient (Wildman–Crippen LogP) is 9.01. The number of hydrogen-bond acceptors (Lipinski definition) is 4. The molecule has 0 N–H and O–H groups in total. The van der Waals surface area contributed by atoms with Gasteiger partial charge in [0.15, 0.2) is 11.6 Å². The van der Waals surface area contributed by atoms with Crippen molar-refractivity contribution in [3.8, 4) is 50.7 Å². The minimum atomic E-state index is 0.773. The highest BCUT2D eigenvalue weighted by Crippen LogP contribution is 2.33. The number of aromatic nitrogens is 5. The van der Waals surface area contributed by atoms with E-state index < -0.39 is 0 Å². The van der Waals surface area contributed by atoms with Crippen LogP contribution >= 0.6 is 0 Å². The third-order valence-corrected chi connectivity index (χ3v) is 7.55. The zero-order valence-electron chi connectivity index (χ0n) is 23.6. The second-order valence-corrected chi connectivity index (χ2v) is 10.4. The summed E-state index contributed by atoms with van der Waals surface area (Å²) in [6.45, 7) is 0. The molecule has 1 aliphatic rings. The first kappa shape index (κ1) is 26.2. The normalized spacial score (nSPS) is 12.9.